The van der Waals surface area contributed by atoms with Crippen LogP contribution in [-0.4, -0.2) is 21.4 Å². The van der Waals surface area contributed by atoms with Crippen LogP contribution >= 0.6 is 35.5 Å². The molecule has 0 bridgehead atoms. The molecule has 1 aliphatic carbocycles. The van der Waals surface area contributed by atoms with Crippen molar-refractivity contribution >= 4 is 80.4 Å². The summed E-state index contributed by atoms with van der Waals surface area (Å²) in [5.41, 5.74) is 13.6. The zero-order valence-electron chi connectivity index (χ0n) is 39.0. The van der Waals surface area contributed by atoms with E-state index in [1.54, 1.807) is 35.2 Å². The van der Waals surface area contributed by atoms with Gasteiger partial charge in [-0.1, -0.05) is 182 Å². The highest BCUT2D eigenvalue weighted by molar-refractivity contribution is 7.79. The van der Waals surface area contributed by atoms with Crippen molar-refractivity contribution in [1.29, 1.82) is 5.41 Å². The normalized spacial score (nSPS) is 12.7. The highest BCUT2D eigenvalue weighted by Gasteiger charge is 2.32. The summed E-state index contributed by atoms with van der Waals surface area (Å²) in [5.74, 6) is 1.04. The summed E-state index contributed by atoms with van der Waals surface area (Å²) in [5, 5.41) is 11.4. The lowest BCUT2D eigenvalue weighted by Gasteiger charge is -2.19. The largest absolute Gasteiger partial charge is 0.463 e. The number of aromatic nitrogens is 2. The summed E-state index contributed by atoms with van der Waals surface area (Å²) in [6.45, 7) is 0. The van der Waals surface area contributed by atoms with E-state index in [1.165, 1.54) is 0 Å². The fraction of sp³-hybridized carbons (Fsp3) is 0. The number of thiophene rings is 2. The summed E-state index contributed by atoms with van der Waals surface area (Å²) >= 11 is 7.91. The standard InChI is InChI=1S/C64H42N4O2S3/c65-59-57(51-37-35-49(72-51)55(45-29-15-5-16-30-45)53(41-21-7-1-8-22-41)42-23-9-2-10-24-42)63-64(67-61(48-34-20-40-70-48)60(66-63)47-33-19-39-69-47)58(62(59)68-71)52-38-36-50(73-52)56(46-31-17-6-18-32-46)54(43-25-11-3-12-26-43)44-27-13-4-14-28-44/h1-40,65,71H/b65-59?,68-62-. The molecule has 0 aliphatic heterocycles. The maximum Gasteiger partial charge on any atom is 0.154 e. The first-order valence-corrected chi connectivity index (χ1v) is 25.7. The monoisotopic (exact) mass is 994 g/mol. The maximum atomic E-state index is 10.3. The molecule has 9 heteroatoms. The predicted octanol–water partition coefficient (Wildman–Crippen LogP) is 14.9. The summed E-state index contributed by atoms with van der Waals surface area (Å²) in [7, 11) is 0. The Balaban J connectivity index is 1.15. The molecule has 11 aromatic rings. The highest BCUT2D eigenvalue weighted by atomic mass is 32.1. The Kier molecular flexibility index (Phi) is 12.6. The van der Waals surface area contributed by atoms with E-state index in [0.29, 0.717) is 50.5 Å². The number of rotatable bonds is 12. The quantitative estimate of drug-likeness (QED) is 0.0943. The third kappa shape index (κ3) is 8.70. The Morgan fingerprint density at radius 3 is 1.04 bits per heavy atom. The van der Waals surface area contributed by atoms with Gasteiger partial charge in [0.1, 0.15) is 27.8 Å². The molecular weight excluding hydrogens is 953 g/mol. The molecule has 0 atom stereocenters. The second kappa shape index (κ2) is 20.2. The van der Waals surface area contributed by atoms with Crippen LogP contribution in [0.25, 0.3) is 56.3 Å². The number of furan rings is 2. The Morgan fingerprint density at radius 1 is 0.384 bits per heavy atom. The zero-order valence-corrected chi connectivity index (χ0v) is 41.5. The Morgan fingerprint density at radius 2 is 0.712 bits per heavy atom. The molecule has 0 fully saturated rings. The van der Waals surface area contributed by atoms with Crippen molar-refractivity contribution in [3.05, 3.63) is 307 Å². The molecule has 1 N–H and O–H groups in total. The number of nitrogens with zero attached hydrogens (tertiary/aromatic N) is 3. The Hall–Kier alpha value is -8.73. The average Bonchev–Trinajstić information content (AvgIpc) is 4.33. The van der Waals surface area contributed by atoms with Crippen molar-refractivity contribution in [3.63, 3.8) is 0 Å². The molecule has 0 unspecified atom stereocenters. The van der Waals surface area contributed by atoms with Gasteiger partial charge in [0.05, 0.1) is 18.2 Å². The van der Waals surface area contributed by atoms with Crippen molar-refractivity contribution in [2.45, 2.75) is 0 Å². The number of fused-ring (bicyclic) bond motifs is 1. The van der Waals surface area contributed by atoms with Gasteiger partial charge in [-0.05, 0) is 106 Å². The Bertz CT molecular complexity index is 3910. The number of nitrogens with one attached hydrogen (secondary N) is 1. The van der Waals surface area contributed by atoms with Crippen molar-refractivity contribution in [2.75, 3.05) is 0 Å². The minimum Gasteiger partial charge on any atom is -0.463 e. The molecule has 73 heavy (non-hydrogen) atoms. The van der Waals surface area contributed by atoms with Crippen molar-refractivity contribution in [2.24, 2.45) is 4.40 Å². The third-order valence-electron chi connectivity index (χ3n) is 12.8. The van der Waals surface area contributed by atoms with Crippen LogP contribution in [0.15, 0.2) is 256 Å². The molecule has 5 aromatic heterocycles. The van der Waals surface area contributed by atoms with Crippen LogP contribution in [0, 0.1) is 5.41 Å². The topological polar surface area (TPSA) is 88.3 Å². The van der Waals surface area contributed by atoms with Gasteiger partial charge in [-0.25, -0.2) is 14.4 Å². The van der Waals surface area contributed by atoms with Crippen molar-refractivity contribution in [1.82, 2.24) is 9.97 Å². The van der Waals surface area contributed by atoms with Crippen LogP contribution in [0.4, 0.5) is 0 Å². The van der Waals surface area contributed by atoms with Gasteiger partial charge in [0.25, 0.3) is 0 Å². The first-order valence-electron chi connectivity index (χ1n) is 23.7. The molecule has 12 rings (SSSR count). The van der Waals surface area contributed by atoms with Crippen molar-refractivity contribution in [3.8, 4) is 22.9 Å². The van der Waals surface area contributed by atoms with Crippen LogP contribution in [0.5, 0.6) is 0 Å². The fourth-order valence-corrected chi connectivity index (χ4v) is 12.0. The smallest absolute Gasteiger partial charge is 0.154 e. The number of benzene rings is 6. The number of hydrogen-bond acceptors (Lipinski definition) is 9. The average molecular weight is 995 g/mol. The number of hydrogen-bond donors (Lipinski definition) is 2. The molecule has 0 spiro atoms. The van der Waals surface area contributed by atoms with E-state index in [2.05, 4.69) is 187 Å². The lowest BCUT2D eigenvalue weighted by Crippen LogP contribution is -2.45. The predicted molar refractivity (Wildman–Crippen MR) is 303 cm³/mol. The molecule has 1 aliphatic rings. The third-order valence-corrected chi connectivity index (χ3v) is 15.2. The van der Waals surface area contributed by atoms with Gasteiger partial charge < -0.3 is 8.83 Å². The van der Waals surface area contributed by atoms with E-state index in [4.69, 9.17) is 18.8 Å². The van der Waals surface area contributed by atoms with E-state index in [9.17, 15) is 5.41 Å². The van der Waals surface area contributed by atoms with E-state index in [1.807, 2.05) is 60.7 Å². The molecule has 348 valence electrons. The van der Waals surface area contributed by atoms with E-state index in [0.717, 1.165) is 75.2 Å². The lowest BCUT2D eigenvalue weighted by atomic mass is 9.88. The van der Waals surface area contributed by atoms with Gasteiger partial charge in [0.15, 0.2) is 11.5 Å². The molecule has 0 amide bonds. The van der Waals surface area contributed by atoms with E-state index < -0.39 is 0 Å². The Labute approximate surface area is 435 Å². The maximum absolute atomic E-state index is 10.3. The molecule has 0 saturated carbocycles. The van der Waals surface area contributed by atoms with Crippen LogP contribution in [0.1, 0.15) is 52.9 Å². The van der Waals surface area contributed by atoms with Gasteiger partial charge in [-0.3, -0.25) is 5.41 Å². The summed E-state index contributed by atoms with van der Waals surface area (Å²) in [6, 6.07) is 79.1. The van der Waals surface area contributed by atoms with E-state index >= 15 is 0 Å². The number of thiol groups is 1. The van der Waals surface area contributed by atoms with Gasteiger partial charge in [0, 0.05) is 41.8 Å². The summed E-state index contributed by atoms with van der Waals surface area (Å²) in [4.78, 5) is 14.7. The van der Waals surface area contributed by atoms with Gasteiger partial charge in [0.2, 0.25) is 0 Å². The molecule has 0 radical (unpaired) electrons. The summed E-state index contributed by atoms with van der Waals surface area (Å²) in [6.07, 6.45) is 3.26. The van der Waals surface area contributed by atoms with E-state index in [-0.39, 0.29) is 5.71 Å². The molecular formula is C64H42N4O2S3. The van der Waals surface area contributed by atoms with Gasteiger partial charge in [-0.2, -0.15) is 0 Å². The van der Waals surface area contributed by atoms with Crippen LogP contribution < -0.4 is 10.7 Å². The first-order chi connectivity index (χ1) is 36.1. The van der Waals surface area contributed by atoms with Crippen molar-refractivity contribution < 1.29 is 8.83 Å². The van der Waals surface area contributed by atoms with Gasteiger partial charge >= 0.3 is 0 Å². The molecule has 6 aromatic carbocycles. The SMILES string of the molecule is N=C1C(c2ccc(C(=C(c3ccccc3)c3ccccc3)c3ccccc3)s2)=c2nc(-c3ccco3)c(-c3ccco3)nc2=C(c2ccc(C(=C(c3ccccc3)c3ccccc3)c3ccccc3)s2)/C1=N/S. The second-order valence-electron chi connectivity index (χ2n) is 17.2. The lowest BCUT2D eigenvalue weighted by molar-refractivity contribution is 0.571. The molecule has 5 heterocycles. The zero-order chi connectivity index (χ0) is 49.1. The summed E-state index contributed by atoms with van der Waals surface area (Å²) < 4.78 is 16.8. The minimum absolute atomic E-state index is 0.177. The minimum atomic E-state index is 0.177. The van der Waals surface area contributed by atoms with Crippen LogP contribution in [0.3, 0.4) is 0 Å². The van der Waals surface area contributed by atoms with Crippen LogP contribution in [0.2, 0.25) is 0 Å². The second-order valence-corrected chi connectivity index (χ2v) is 19.5. The van der Waals surface area contributed by atoms with Gasteiger partial charge in [-0.15, -0.1) is 22.7 Å². The highest BCUT2D eigenvalue weighted by Crippen LogP contribution is 2.43. The fourth-order valence-electron chi connectivity index (χ4n) is 9.57. The molecule has 6 nitrogen and oxygen atoms in total. The van der Waals surface area contributed by atoms with Crippen LogP contribution in [-0.2, 0) is 0 Å². The first kappa shape index (κ1) is 45.4. The molecule has 0 saturated heterocycles.